The van der Waals surface area contributed by atoms with Crippen molar-refractivity contribution in [3.8, 4) is 0 Å². The third-order valence-electron chi connectivity index (χ3n) is 3.76. The van der Waals surface area contributed by atoms with Crippen molar-refractivity contribution in [3.05, 3.63) is 58.9 Å². The summed E-state index contributed by atoms with van der Waals surface area (Å²) in [5.41, 5.74) is 0.114. The van der Waals surface area contributed by atoms with E-state index in [0.717, 1.165) is 12.1 Å². The Morgan fingerprint density at radius 1 is 1.21 bits per heavy atom. The minimum Gasteiger partial charge on any atom is -0.371 e. The molecule has 0 aliphatic carbocycles. The molecule has 1 fully saturated rings. The molecule has 1 aromatic heterocycles. The van der Waals surface area contributed by atoms with Crippen molar-refractivity contribution in [1.29, 1.82) is 0 Å². The molecule has 1 N–H and O–H groups in total. The fourth-order valence-corrected chi connectivity index (χ4v) is 2.45. The molecule has 0 spiro atoms. The number of nitrogens with one attached hydrogen (secondary N) is 1. The van der Waals surface area contributed by atoms with Crippen molar-refractivity contribution in [1.82, 2.24) is 15.3 Å². The van der Waals surface area contributed by atoms with E-state index in [1.165, 1.54) is 6.07 Å². The molecule has 0 amide bonds. The van der Waals surface area contributed by atoms with Gasteiger partial charge in [0.05, 0.1) is 18.3 Å². The first-order valence-electron chi connectivity index (χ1n) is 7.42. The van der Waals surface area contributed by atoms with E-state index in [0.29, 0.717) is 31.1 Å². The molecule has 1 saturated heterocycles. The van der Waals surface area contributed by atoms with E-state index in [1.54, 1.807) is 12.1 Å². The predicted molar refractivity (Wildman–Crippen MR) is 77.8 cm³/mol. The molecule has 128 valence electrons. The number of benzene rings is 1. The molecule has 1 unspecified atom stereocenters. The zero-order valence-electron chi connectivity index (χ0n) is 12.6. The highest BCUT2D eigenvalue weighted by molar-refractivity contribution is 5.28. The summed E-state index contributed by atoms with van der Waals surface area (Å²) in [6.07, 6.45) is -3.26. The quantitative estimate of drug-likeness (QED) is 0.872. The van der Waals surface area contributed by atoms with Crippen molar-refractivity contribution < 1.29 is 22.3 Å². The lowest BCUT2D eigenvalue weighted by Crippen LogP contribution is -2.33. The van der Waals surface area contributed by atoms with E-state index >= 15 is 0 Å². The van der Waals surface area contributed by atoms with Crippen LogP contribution in [0, 0.1) is 5.82 Å². The van der Waals surface area contributed by atoms with Crippen LogP contribution in [0.4, 0.5) is 17.6 Å². The average Bonchev–Trinajstić information content (AvgIpc) is 2.57. The molecule has 4 nitrogen and oxygen atoms in total. The Bertz CT molecular complexity index is 697. The van der Waals surface area contributed by atoms with Crippen LogP contribution in [-0.2, 0) is 17.3 Å². The summed E-state index contributed by atoms with van der Waals surface area (Å²) < 4.78 is 57.2. The van der Waals surface area contributed by atoms with Crippen LogP contribution in [0.1, 0.15) is 28.6 Å². The van der Waals surface area contributed by atoms with Gasteiger partial charge in [-0.3, -0.25) is 0 Å². The Labute approximate surface area is 135 Å². The number of nitrogens with zero attached hydrogens (tertiary/aromatic N) is 2. The molecule has 1 aromatic carbocycles. The molecule has 3 rings (SSSR count). The second-order valence-corrected chi connectivity index (χ2v) is 5.48. The highest BCUT2D eigenvalue weighted by atomic mass is 19.4. The number of halogens is 4. The van der Waals surface area contributed by atoms with Gasteiger partial charge in [0.1, 0.15) is 11.6 Å². The van der Waals surface area contributed by atoms with Crippen LogP contribution in [0.15, 0.2) is 30.6 Å². The van der Waals surface area contributed by atoms with Crippen molar-refractivity contribution in [2.45, 2.75) is 18.7 Å². The summed E-state index contributed by atoms with van der Waals surface area (Å²) in [4.78, 5) is 7.32. The molecule has 1 atom stereocenters. The Balaban J connectivity index is 1.73. The van der Waals surface area contributed by atoms with Crippen LogP contribution >= 0.6 is 0 Å². The number of alkyl halides is 3. The lowest BCUT2D eigenvalue weighted by Gasteiger charge is -2.24. The smallest absolute Gasteiger partial charge is 0.371 e. The molecule has 0 bridgehead atoms. The minimum atomic E-state index is -4.49. The number of aromatic nitrogens is 2. The average molecular weight is 341 g/mol. The highest BCUT2D eigenvalue weighted by Crippen LogP contribution is 2.28. The maximum atomic E-state index is 14.2. The van der Waals surface area contributed by atoms with E-state index in [-0.39, 0.29) is 18.3 Å². The van der Waals surface area contributed by atoms with E-state index < -0.39 is 17.6 Å². The zero-order valence-corrected chi connectivity index (χ0v) is 12.6. The van der Waals surface area contributed by atoms with E-state index in [4.69, 9.17) is 4.74 Å². The summed E-state index contributed by atoms with van der Waals surface area (Å²) in [5, 5.41) is 3.17. The molecule has 2 heterocycles. The summed E-state index contributed by atoms with van der Waals surface area (Å²) in [6, 6.07) is 4.72. The fourth-order valence-electron chi connectivity index (χ4n) is 2.45. The maximum Gasteiger partial charge on any atom is 0.419 e. The second kappa shape index (κ2) is 6.82. The monoisotopic (exact) mass is 341 g/mol. The van der Waals surface area contributed by atoms with E-state index in [1.807, 2.05) is 0 Å². The van der Waals surface area contributed by atoms with Gasteiger partial charge in [-0.2, -0.15) is 13.2 Å². The number of rotatable bonds is 3. The first-order valence-corrected chi connectivity index (χ1v) is 7.42. The van der Waals surface area contributed by atoms with Gasteiger partial charge in [-0.1, -0.05) is 12.1 Å². The standard InChI is InChI=1S/C16H15F4N3O/c17-13-5-11(14-9-21-3-4-24-14)2-1-10(13)6-15-22-7-12(8-23-15)16(18,19)20/h1-2,5,7-8,14,21H,3-4,6,9H2. The number of hydrogen-bond acceptors (Lipinski definition) is 4. The highest BCUT2D eigenvalue weighted by Gasteiger charge is 2.31. The fraction of sp³-hybridized carbons (Fsp3) is 0.375. The molecular weight excluding hydrogens is 326 g/mol. The van der Waals surface area contributed by atoms with Crippen LogP contribution in [0.5, 0.6) is 0 Å². The van der Waals surface area contributed by atoms with Gasteiger partial charge >= 0.3 is 6.18 Å². The van der Waals surface area contributed by atoms with Crippen LogP contribution < -0.4 is 5.32 Å². The van der Waals surface area contributed by atoms with Crippen LogP contribution in [0.2, 0.25) is 0 Å². The van der Waals surface area contributed by atoms with Gasteiger partial charge in [-0.25, -0.2) is 14.4 Å². The normalized spacial score (nSPS) is 18.6. The summed E-state index contributed by atoms with van der Waals surface area (Å²) >= 11 is 0. The van der Waals surface area contributed by atoms with Crippen molar-refractivity contribution in [2.75, 3.05) is 19.7 Å². The Morgan fingerprint density at radius 3 is 2.54 bits per heavy atom. The Kier molecular flexibility index (Phi) is 4.77. The Morgan fingerprint density at radius 2 is 1.96 bits per heavy atom. The largest absolute Gasteiger partial charge is 0.419 e. The lowest BCUT2D eigenvalue weighted by molar-refractivity contribution is -0.138. The van der Waals surface area contributed by atoms with Crippen molar-refractivity contribution in [3.63, 3.8) is 0 Å². The molecule has 1 aliphatic rings. The zero-order chi connectivity index (χ0) is 17.2. The summed E-state index contributed by atoms with van der Waals surface area (Å²) in [5.74, 6) is -0.324. The van der Waals surface area contributed by atoms with Crippen LogP contribution in [0.25, 0.3) is 0 Å². The predicted octanol–water partition coefficient (Wildman–Crippen LogP) is 2.89. The third kappa shape index (κ3) is 3.88. The lowest BCUT2D eigenvalue weighted by atomic mass is 10.0. The van der Waals surface area contributed by atoms with Crippen molar-refractivity contribution in [2.24, 2.45) is 0 Å². The van der Waals surface area contributed by atoms with Gasteiger partial charge in [0.15, 0.2) is 0 Å². The van der Waals surface area contributed by atoms with Gasteiger partial charge in [0.25, 0.3) is 0 Å². The molecule has 1 aliphatic heterocycles. The van der Waals surface area contributed by atoms with Crippen molar-refractivity contribution >= 4 is 0 Å². The number of ether oxygens (including phenoxy) is 1. The van der Waals surface area contributed by atoms with Gasteiger partial charge in [-0.05, 0) is 17.2 Å². The van der Waals surface area contributed by atoms with Crippen LogP contribution in [0.3, 0.4) is 0 Å². The number of hydrogen-bond donors (Lipinski definition) is 1. The topological polar surface area (TPSA) is 47.0 Å². The molecule has 0 radical (unpaired) electrons. The van der Waals surface area contributed by atoms with E-state index in [2.05, 4.69) is 15.3 Å². The van der Waals surface area contributed by atoms with Gasteiger partial charge < -0.3 is 10.1 Å². The molecule has 0 saturated carbocycles. The maximum absolute atomic E-state index is 14.2. The molecule has 8 heteroatoms. The first kappa shape index (κ1) is 16.8. The van der Waals surface area contributed by atoms with Crippen LogP contribution in [-0.4, -0.2) is 29.7 Å². The van der Waals surface area contributed by atoms with Gasteiger partial charge in [0, 0.05) is 31.9 Å². The second-order valence-electron chi connectivity index (χ2n) is 5.48. The SMILES string of the molecule is Fc1cc(C2CNCCO2)ccc1Cc1ncc(C(F)(F)F)cn1. The molecular formula is C16H15F4N3O. The summed E-state index contributed by atoms with van der Waals surface area (Å²) in [6.45, 7) is 1.94. The van der Waals surface area contributed by atoms with Gasteiger partial charge in [0.2, 0.25) is 0 Å². The Hall–Kier alpha value is -2.06. The van der Waals surface area contributed by atoms with Gasteiger partial charge in [-0.15, -0.1) is 0 Å². The molecule has 24 heavy (non-hydrogen) atoms. The van der Waals surface area contributed by atoms with E-state index in [9.17, 15) is 17.6 Å². The molecule has 2 aromatic rings. The summed E-state index contributed by atoms with van der Waals surface area (Å²) in [7, 11) is 0. The third-order valence-corrected chi connectivity index (χ3v) is 3.76. The minimum absolute atomic E-state index is 0.0218. The first-order chi connectivity index (χ1) is 11.4. The number of morpholine rings is 1.